The quantitative estimate of drug-likeness (QED) is 0.648. The van der Waals surface area contributed by atoms with Crippen molar-refractivity contribution in [3.05, 3.63) is 0 Å². The lowest BCUT2D eigenvalue weighted by Gasteiger charge is -2.30. The first-order chi connectivity index (χ1) is 6.63. The molecule has 4 nitrogen and oxygen atoms in total. The second kappa shape index (κ2) is 3.51. The number of carbonyl (C=O) groups is 1. The van der Waals surface area contributed by atoms with Gasteiger partial charge in [-0.3, -0.25) is 4.79 Å². The van der Waals surface area contributed by atoms with Gasteiger partial charge in [0.25, 0.3) is 0 Å². The van der Waals surface area contributed by atoms with Gasteiger partial charge in [0.15, 0.2) is 0 Å². The molecule has 14 heavy (non-hydrogen) atoms. The van der Waals surface area contributed by atoms with Crippen molar-refractivity contribution < 1.29 is 4.79 Å². The van der Waals surface area contributed by atoms with E-state index in [1.165, 1.54) is 12.8 Å². The van der Waals surface area contributed by atoms with Gasteiger partial charge in [-0.2, -0.15) is 0 Å². The number of likely N-dealkylation sites (tertiary alicyclic amines) is 1. The van der Waals surface area contributed by atoms with Gasteiger partial charge in [0.2, 0.25) is 5.91 Å². The van der Waals surface area contributed by atoms with Crippen LogP contribution in [0.1, 0.15) is 25.7 Å². The highest BCUT2D eigenvalue weighted by molar-refractivity contribution is 5.85. The Morgan fingerprint density at radius 3 is 2.36 bits per heavy atom. The van der Waals surface area contributed by atoms with Gasteiger partial charge in [0.1, 0.15) is 5.54 Å². The van der Waals surface area contributed by atoms with Crippen molar-refractivity contribution >= 4 is 5.91 Å². The normalized spacial score (nSPS) is 27.5. The number of hydrogen-bond acceptors (Lipinski definition) is 3. The minimum absolute atomic E-state index is 0.327. The Hall–Kier alpha value is -0.610. The first kappa shape index (κ1) is 9.93. The SMILES string of the molecule is NC(=O)C(N)(CN1CCCC1)C1CC1. The number of rotatable bonds is 4. The maximum absolute atomic E-state index is 11.4. The predicted molar refractivity (Wildman–Crippen MR) is 54.5 cm³/mol. The molecule has 1 atom stereocenters. The van der Waals surface area contributed by atoms with E-state index in [0.29, 0.717) is 12.5 Å². The number of nitrogens with zero attached hydrogens (tertiary/aromatic N) is 1. The summed E-state index contributed by atoms with van der Waals surface area (Å²) >= 11 is 0. The van der Waals surface area contributed by atoms with Crippen molar-refractivity contribution in [1.29, 1.82) is 0 Å². The highest BCUT2D eigenvalue weighted by atomic mass is 16.1. The molecule has 0 aromatic carbocycles. The summed E-state index contributed by atoms with van der Waals surface area (Å²) in [4.78, 5) is 13.6. The lowest BCUT2D eigenvalue weighted by Crippen LogP contribution is -2.60. The maximum atomic E-state index is 11.4. The van der Waals surface area contributed by atoms with E-state index in [4.69, 9.17) is 11.5 Å². The van der Waals surface area contributed by atoms with Crippen LogP contribution in [0.4, 0.5) is 0 Å². The van der Waals surface area contributed by atoms with Crippen molar-refractivity contribution in [2.75, 3.05) is 19.6 Å². The molecule has 1 saturated heterocycles. The lowest BCUT2D eigenvalue weighted by atomic mass is 9.93. The van der Waals surface area contributed by atoms with Crippen LogP contribution in [0.25, 0.3) is 0 Å². The van der Waals surface area contributed by atoms with E-state index >= 15 is 0 Å². The topological polar surface area (TPSA) is 72.3 Å². The molecule has 0 aromatic rings. The van der Waals surface area contributed by atoms with Crippen LogP contribution >= 0.6 is 0 Å². The standard InChI is InChI=1S/C10H19N3O/c11-9(14)10(12,8-3-4-8)7-13-5-1-2-6-13/h8H,1-7,12H2,(H2,11,14). The van der Waals surface area contributed by atoms with Crippen molar-refractivity contribution in [3.63, 3.8) is 0 Å². The zero-order chi connectivity index (χ0) is 10.2. The van der Waals surface area contributed by atoms with Crippen LogP contribution in [-0.4, -0.2) is 36.0 Å². The van der Waals surface area contributed by atoms with Gasteiger partial charge >= 0.3 is 0 Å². The zero-order valence-corrected chi connectivity index (χ0v) is 8.54. The Kier molecular flexibility index (Phi) is 2.49. The molecule has 0 aromatic heterocycles. The summed E-state index contributed by atoms with van der Waals surface area (Å²) in [6, 6.07) is 0. The molecule has 0 spiro atoms. The van der Waals surface area contributed by atoms with Crippen LogP contribution < -0.4 is 11.5 Å². The van der Waals surface area contributed by atoms with Crippen molar-refractivity contribution in [3.8, 4) is 0 Å². The van der Waals surface area contributed by atoms with Gasteiger partial charge in [-0.15, -0.1) is 0 Å². The molecular formula is C10H19N3O. The van der Waals surface area contributed by atoms with Gasteiger partial charge in [0, 0.05) is 6.54 Å². The van der Waals surface area contributed by atoms with E-state index in [2.05, 4.69) is 4.90 Å². The summed E-state index contributed by atoms with van der Waals surface area (Å²) in [5.74, 6) is 0.00694. The number of hydrogen-bond donors (Lipinski definition) is 2. The highest BCUT2D eigenvalue weighted by Gasteiger charge is 2.47. The number of primary amides is 1. The Balaban J connectivity index is 1.99. The molecule has 2 aliphatic rings. The number of amides is 1. The largest absolute Gasteiger partial charge is 0.368 e. The molecule has 2 rings (SSSR count). The van der Waals surface area contributed by atoms with E-state index in [1.54, 1.807) is 0 Å². The summed E-state index contributed by atoms with van der Waals surface area (Å²) in [5, 5.41) is 0. The van der Waals surface area contributed by atoms with E-state index in [-0.39, 0.29) is 5.91 Å². The smallest absolute Gasteiger partial charge is 0.239 e. The molecule has 0 radical (unpaired) electrons. The van der Waals surface area contributed by atoms with Crippen LogP contribution in [0, 0.1) is 5.92 Å². The summed E-state index contributed by atoms with van der Waals surface area (Å²) in [6.07, 6.45) is 4.57. The third-order valence-electron chi connectivity index (χ3n) is 3.45. The summed E-state index contributed by atoms with van der Waals surface area (Å²) < 4.78 is 0. The maximum Gasteiger partial charge on any atom is 0.239 e. The van der Waals surface area contributed by atoms with Crippen LogP contribution in [0.5, 0.6) is 0 Å². The molecular weight excluding hydrogens is 178 g/mol. The molecule has 1 aliphatic carbocycles. The van der Waals surface area contributed by atoms with E-state index in [9.17, 15) is 4.79 Å². The molecule has 80 valence electrons. The third-order valence-corrected chi connectivity index (χ3v) is 3.45. The van der Waals surface area contributed by atoms with Gasteiger partial charge in [-0.05, 0) is 44.7 Å². The molecule has 1 aliphatic heterocycles. The molecule has 1 amide bonds. The zero-order valence-electron chi connectivity index (χ0n) is 8.54. The fraction of sp³-hybridized carbons (Fsp3) is 0.900. The molecule has 2 fully saturated rings. The average molecular weight is 197 g/mol. The molecule has 1 saturated carbocycles. The monoisotopic (exact) mass is 197 g/mol. The molecule has 4 heteroatoms. The fourth-order valence-corrected chi connectivity index (χ4v) is 2.32. The van der Waals surface area contributed by atoms with Crippen LogP contribution in [-0.2, 0) is 4.79 Å². The van der Waals surface area contributed by atoms with Crippen molar-refractivity contribution in [2.45, 2.75) is 31.2 Å². The Bertz CT molecular complexity index is 234. The number of nitrogens with two attached hydrogens (primary N) is 2. The average Bonchev–Trinajstić information content (AvgIpc) is 2.87. The second-order valence-corrected chi connectivity index (χ2v) is 4.66. The molecule has 0 bridgehead atoms. The lowest BCUT2D eigenvalue weighted by molar-refractivity contribution is -0.124. The molecule has 1 unspecified atom stereocenters. The molecule has 4 N–H and O–H groups in total. The summed E-state index contributed by atoms with van der Waals surface area (Å²) in [7, 11) is 0. The van der Waals surface area contributed by atoms with E-state index in [1.807, 2.05) is 0 Å². The Morgan fingerprint density at radius 1 is 1.36 bits per heavy atom. The van der Waals surface area contributed by atoms with Crippen LogP contribution in [0.15, 0.2) is 0 Å². The molecule has 1 heterocycles. The van der Waals surface area contributed by atoms with E-state index in [0.717, 1.165) is 25.9 Å². The van der Waals surface area contributed by atoms with E-state index < -0.39 is 5.54 Å². The van der Waals surface area contributed by atoms with Crippen molar-refractivity contribution in [1.82, 2.24) is 4.90 Å². The highest BCUT2D eigenvalue weighted by Crippen LogP contribution is 2.38. The predicted octanol–water partition coefficient (Wildman–Crippen LogP) is -0.325. The number of carbonyl (C=O) groups excluding carboxylic acids is 1. The van der Waals surface area contributed by atoms with Gasteiger partial charge in [-0.25, -0.2) is 0 Å². The minimum Gasteiger partial charge on any atom is -0.368 e. The first-order valence-electron chi connectivity index (χ1n) is 5.44. The van der Waals surface area contributed by atoms with Gasteiger partial charge in [0.05, 0.1) is 0 Å². The first-order valence-corrected chi connectivity index (χ1v) is 5.44. The third kappa shape index (κ3) is 1.77. The minimum atomic E-state index is -0.760. The van der Waals surface area contributed by atoms with Crippen molar-refractivity contribution in [2.24, 2.45) is 17.4 Å². The van der Waals surface area contributed by atoms with Crippen LogP contribution in [0.2, 0.25) is 0 Å². The fourth-order valence-electron chi connectivity index (χ4n) is 2.32. The van der Waals surface area contributed by atoms with Crippen LogP contribution in [0.3, 0.4) is 0 Å². The summed E-state index contributed by atoms with van der Waals surface area (Å²) in [6.45, 7) is 2.80. The Labute approximate surface area is 84.6 Å². The Morgan fingerprint density at radius 2 is 1.93 bits per heavy atom. The summed E-state index contributed by atoms with van der Waals surface area (Å²) in [5.41, 5.74) is 10.7. The second-order valence-electron chi connectivity index (χ2n) is 4.66. The van der Waals surface area contributed by atoms with Gasteiger partial charge < -0.3 is 16.4 Å². The van der Waals surface area contributed by atoms with Gasteiger partial charge in [-0.1, -0.05) is 0 Å².